The molecule has 17 heavy (non-hydrogen) atoms. The molecule has 0 aliphatic heterocycles. The third-order valence-electron chi connectivity index (χ3n) is 2.55. The Hall–Kier alpha value is -0.650. The molecular formula is C12H18BrFN2O. The van der Waals surface area contributed by atoms with Crippen LogP contribution in [0.4, 0.5) is 10.1 Å². The van der Waals surface area contributed by atoms with Crippen molar-refractivity contribution >= 4 is 21.6 Å². The van der Waals surface area contributed by atoms with Gasteiger partial charge in [0.25, 0.3) is 0 Å². The molecule has 1 aromatic carbocycles. The number of ether oxygens (including phenoxy) is 1. The number of rotatable bonds is 6. The number of anilines is 1. The molecule has 1 aromatic rings. The summed E-state index contributed by atoms with van der Waals surface area (Å²) >= 11 is 3.23. The van der Waals surface area contributed by atoms with Crippen LogP contribution in [0.1, 0.15) is 12.5 Å². The molecule has 0 radical (unpaired) electrons. The van der Waals surface area contributed by atoms with Crippen molar-refractivity contribution < 1.29 is 9.13 Å². The number of nitrogens with zero attached hydrogens (tertiary/aromatic N) is 1. The summed E-state index contributed by atoms with van der Waals surface area (Å²) in [5, 5.41) is 0. The van der Waals surface area contributed by atoms with E-state index >= 15 is 0 Å². The van der Waals surface area contributed by atoms with E-state index in [1.807, 2.05) is 24.9 Å². The first kappa shape index (κ1) is 14.4. The first-order chi connectivity index (χ1) is 8.11. The topological polar surface area (TPSA) is 38.5 Å². The molecule has 0 unspecified atom stereocenters. The van der Waals surface area contributed by atoms with Gasteiger partial charge in [-0.3, -0.25) is 0 Å². The zero-order chi connectivity index (χ0) is 12.8. The van der Waals surface area contributed by atoms with Crippen LogP contribution in [0.5, 0.6) is 0 Å². The van der Waals surface area contributed by atoms with E-state index in [-0.39, 0.29) is 5.82 Å². The van der Waals surface area contributed by atoms with Gasteiger partial charge in [-0.15, -0.1) is 0 Å². The Bertz CT molecular complexity index is 374. The van der Waals surface area contributed by atoms with Gasteiger partial charge >= 0.3 is 0 Å². The number of hydrogen-bond donors (Lipinski definition) is 1. The Morgan fingerprint density at radius 2 is 2.18 bits per heavy atom. The summed E-state index contributed by atoms with van der Waals surface area (Å²) in [6.45, 7) is 4.17. The monoisotopic (exact) mass is 304 g/mol. The Balaban J connectivity index is 2.80. The first-order valence-electron chi connectivity index (χ1n) is 5.57. The third kappa shape index (κ3) is 3.66. The van der Waals surface area contributed by atoms with Gasteiger partial charge in [0, 0.05) is 26.7 Å². The molecule has 0 aliphatic rings. The van der Waals surface area contributed by atoms with E-state index < -0.39 is 0 Å². The van der Waals surface area contributed by atoms with Gasteiger partial charge < -0.3 is 15.4 Å². The average molecular weight is 305 g/mol. The highest BCUT2D eigenvalue weighted by atomic mass is 79.9. The van der Waals surface area contributed by atoms with Crippen LogP contribution in [0.3, 0.4) is 0 Å². The van der Waals surface area contributed by atoms with E-state index in [1.165, 1.54) is 0 Å². The molecule has 0 aromatic heterocycles. The van der Waals surface area contributed by atoms with Crippen LogP contribution in [-0.2, 0) is 11.3 Å². The minimum atomic E-state index is -0.271. The van der Waals surface area contributed by atoms with Crippen LogP contribution in [-0.4, -0.2) is 26.8 Å². The second-order valence-corrected chi connectivity index (χ2v) is 4.49. The molecule has 96 valence electrons. The quantitative estimate of drug-likeness (QED) is 0.821. The fourth-order valence-corrected chi connectivity index (χ4v) is 2.00. The van der Waals surface area contributed by atoms with Gasteiger partial charge in [-0.1, -0.05) is 6.07 Å². The van der Waals surface area contributed by atoms with Gasteiger partial charge in [-0.25, -0.2) is 4.39 Å². The van der Waals surface area contributed by atoms with Crippen molar-refractivity contribution in [2.45, 2.75) is 13.5 Å². The first-order valence-corrected chi connectivity index (χ1v) is 6.36. The number of hydrogen-bond acceptors (Lipinski definition) is 3. The van der Waals surface area contributed by atoms with Crippen molar-refractivity contribution in [2.75, 3.05) is 31.7 Å². The summed E-state index contributed by atoms with van der Waals surface area (Å²) in [6, 6.07) is 3.58. The minimum Gasteiger partial charge on any atom is -0.380 e. The normalized spacial score (nSPS) is 10.6. The largest absolute Gasteiger partial charge is 0.380 e. The van der Waals surface area contributed by atoms with Crippen LogP contribution < -0.4 is 10.6 Å². The molecule has 2 N–H and O–H groups in total. The highest BCUT2D eigenvalue weighted by molar-refractivity contribution is 9.10. The number of likely N-dealkylation sites (N-methyl/N-ethyl adjacent to an activating group) is 1. The number of nitrogens with two attached hydrogens (primary N) is 1. The van der Waals surface area contributed by atoms with E-state index in [9.17, 15) is 4.39 Å². The summed E-state index contributed by atoms with van der Waals surface area (Å²) in [5.41, 5.74) is 6.83. The van der Waals surface area contributed by atoms with Crippen molar-refractivity contribution in [2.24, 2.45) is 5.73 Å². The lowest BCUT2D eigenvalue weighted by molar-refractivity contribution is 0.154. The molecular weight excluding hydrogens is 287 g/mol. The lowest BCUT2D eigenvalue weighted by Gasteiger charge is -2.21. The van der Waals surface area contributed by atoms with E-state index in [4.69, 9.17) is 10.5 Å². The maximum absolute atomic E-state index is 14.0. The zero-order valence-corrected chi connectivity index (χ0v) is 11.8. The standard InChI is InChI=1S/C12H18BrFN2O/c1-3-17-7-6-16(2)10-5-4-9(8-15)11(13)12(10)14/h4-5H,3,6-8,15H2,1-2H3. The Morgan fingerprint density at radius 1 is 1.47 bits per heavy atom. The van der Waals surface area contributed by atoms with Gasteiger partial charge in [0.05, 0.1) is 16.8 Å². The van der Waals surface area contributed by atoms with Gasteiger partial charge in [-0.2, -0.15) is 0 Å². The molecule has 0 atom stereocenters. The average Bonchev–Trinajstić information content (AvgIpc) is 2.32. The van der Waals surface area contributed by atoms with E-state index in [0.717, 1.165) is 5.56 Å². The highest BCUT2D eigenvalue weighted by Gasteiger charge is 2.13. The molecule has 0 fully saturated rings. The van der Waals surface area contributed by atoms with Crippen molar-refractivity contribution in [1.29, 1.82) is 0 Å². The fraction of sp³-hybridized carbons (Fsp3) is 0.500. The van der Waals surface area contributed by atoms with E-state index in [2.05, 4.69) is 15.9 Å². The molecule has 0 aliphatic carbocycles. The molecule has 1 rings (SSSR count). The SMILES string of the molecule is CCOCCN(C)c1ccc(CN)c(Br)c1F. The summed E-state index contributed by atoms with van der Waals surface area (Å²) in [4.78, 5) is 1.83. The maximum Gasteiger partial charge on any atom is 0.160 e. The van der Waals surface area contributed by atoms with Crippen LogP contribution in [0, 0.1) is 5.82 Å². The summed E-state index contributed by atoms with van der Waals surface area (Å²) in [5.74, 6) is -0.271. The Labute approximate surface area is 110 Å². The predicted molar refractivity (Wildman–Crippen MR) is 71.8 cm³/mol. The smallest absolute Gasteiger partial charge is 0.160 e. The summed E-state index contributed by atoms with van der Waals surface area (Å²) < 4.78 is 19.7. The van der Waals surface area contributed by atoms with E-state index in [0.29, 0.717) is 36.5 Å². The second-order valence-electron chi connectivity index (χ2n) is 3.69. The van der Waals surface area contributed by atoms with E-state index in [1.54, 1.807) is 6.07 Å². The highest BCUT2D eigenvalue weighted by Crippen LogP contribution is 2.28. The summed E-state index contributed by atoms with van der Waals surface area (Å²) in [6.07, 6.45) is 0. The fourth-order valence-electron chi connectivity index (χ4n) is 1.50. The van der Waals surface area contributed by atoms with Gasteiger partial charge in [0.15, 0.2) is 5.82 Å². The Morgan fingerprint density at radius 3 is 2.76 bits per heavy atom. The maximum atomic E-state index is 14.0. The minimum absolute atomic E-state index is 0.271. The molecule has 0 spiro atoms. The molecule has 0 saturated heterocycles. The number of halogens is 2. The van der Waals surface area contributed by atoms with Crippen molar-refractivity contribution in [1.82, 2.24) is 0 Å². The molecule has 0 saturated carbocycles. The van der Waals surface area contributed by atoms with Crippen molar-refractivity contribution in [3.8, 4) is 0 Å². The lowest BCUT2D eigenvalue weighted by Crippen LogP contribution is -2.23. The molecule has 5 heteroatoms. The second kappa shape index (κ2) is 6.93. The third-order valence-corrected chi connectivity index (χ3v) is 3.41. The van der Waals surface area contributed by atoms with Crippen molar-refractivity contribution in [3.05, 3.63) is 28.0 Å². The van der Waals surface area contributed by atoms with Crippen LogP contribution in [0.25, 0.3) is 0 Å². The van der Waals surface area contributed by atoms with Crippen LogP contribution in [0.15, 0.2) is 16.6 Å². The molecule has 0 amide bonds. The van der Waals surface area contributed by atoms with Crippen LogP contribution in [0.2, 0.25) is 0 Å². The van der Waals surface area contributed by atoms with Gasteiger partial charge in [0.1, 0.15) is 0 Å². The van der Waals surface area contributed by atoms with Gasteiger partial charge in [0.2, 0.25) is 0 Å². The zero-order valence-electron chi connectivity index (χ0n) is 10.2. The Kier molecular flexibility index (Phi) is 5.88. The van der Waals surface area contributed by atoms with Crippen LogP contribution >= 0.6 is 15.9 Å². The predicted octanol–water partition coefficient (Wildman–Crippen LogP) is 2.52. The lowest BCUT2D eigenvalue weighted by atomic mass is 10.2. The van der Waals surface area contributed by atoms with Crippen molar-refractivity contribution in [3.63, 3.8) is 0 Å². The summed E-state index contributed by atoms with van der Waals surface area (Å²) in [7, 11) is 1.84. The van der Waals surface area contributed by atoms with Gasteiger partial charge in [-0.05, 0) is 34.5 Å². The molecule has 3 nitrogen and oxygen atoms in total. The molecule has 0 bridgehead atoms. The molecule has 0 heterocycles. The number of benzene rings is 1.